The average molecular weight is 451 g/mol. The molecule has 0 bridgehead atoms. The summed E-state index contributed by atoms with van der Waals surface area (Å²) in [6, 6.07) is 10.8. The molecule has 1 aromatic heterocycles. The normalized spacial score (nSPS) is 25.2. The van der Waals surface area contributed by atoms with Crippen molar-refractivity contribution in [2.24, 2.45) is 17.8 Å². The third-order valence-electron chi connectivity index (χ3n) is 7.93. The Hall–Kier alpha value is -2.27. The molecule has 2 aliphatic heterocycles. The van der Waals surface area contributed by atoms with Gasteiger partial charge in [0.05, 0.1) is 5.02 Å². The van der Waals surface area contributed by atoms with Crippen LogP contribution in [0, 0.1) is 17.8 Å². The lowest BCUT2D eigenvalue weighted by Crippen LogP contribution is -2.35. The van der Waals surface area contributed by atoms with Crippen molar-refractivity contribution in [3.63, 3.8) is 0 Å². The van der Waals surface area contributed by atoms with E-state index < -0.39 is 0 Å². The number of halogens is 1. The first-order valence-corrected chi connectivity index (χ1v) is 12.6. The third kappa shape index (κ3) is 4.07. The second kappa shape index (κ2) is 8.26. The molecule has 6 heteroatoms. The number of hydrogen-bond acceptors (Lipinski definition) is 4. The topological polar surface area (TPSA) is 48.5 Å². The molecule has 0 spiro atoms. The fourth-order valence-corrected chi connectivity index (χ4v) is 5.94. The Kier molecular flexibility index (Phi) is 5.25. The molecule has 1 saturated heterocycles. The second-order valence-electron chi connectivity index (χ2n) is 10.1. The smallest absolute Gasteiger partial charge is 0.254 e. The van der Waals surface area contributed by atoms with Gasteiger partial charge in [0.2, 0.25) is 0 Å². The van der Waals surface area contributed by atoms with Crippen LogP contribution in [0.5, 0.6) is 0 Å². The van der Waals surface area contributed by atoms with Gasteiger partial charge >= 0.3 is 0 Å². The summed E-state index contributed by atoms with van der Waals surface area (Å²) in [4.78, 5) is 21.4. The van der Waals surface area contributed by atoms with Crippen LogP contribution in [0.2, 0.25) is 5.02 Å². The van der Waals surface area contributed by atoms with Crippen LogP contribution < -0.4 is 10.2 Å². The molecule has 1 aromatic carbocycles. The molecular formula is C26H31ClN4O. The molecule has 2 atom stereocenters. The fraction of sp³-hybridized carbons (Fsp3) is 0.538. The van der Waals surface area contributed by atoms with E-state index in [1.807, 2.05) is 18.2 Å². The number of amides is 1. The fourth-order valence-electron chi connectivity index (χ4n) is 5.83. The zero-order valence-corrected chi connectivity index (χ0v) is 19.2. The first-order valence-electron chi connectivity index (χ1n) is 12.2. The van der Waals surface area contributed by atoms with Crippen LogP contribution in [0.1, 0.15) is 54.4 Å². The Bertz CT molecular complexity index is 997. The molecule has 2 aliphatic carbocycles. The van der Waals surface area contributed by atoms with Crippen LogP contribution in [-0.4, -0.2) is 41.5 Å². The molecule has 3 heterocycles. The summed E-state index contributed by atoms with van der Waals surface area (Å²) in [5.74, 6) is 3.92. The molecule has 0 unspecified atom stereocenters. The van der Waals surface area contributed by atoms with Crippen molar-refractivity contribution in [2.45, 2.75) is 51.1 Å². The second-order valence-corrected chi connectivity index (χ2v) is 10.5. The van der Waals surface area contributed by atoms with Gasteiger partial charge in [-0.15, -0.1) is 0 Å². The SMILES string of the molecule is O=C1c2ccc(NCC[C@@H]3C[C@@H]3C3CCN(c4ccc(Cl)cn4)CC3)cc2CN1C1CC1. The summed E-state index contributed by atoms with van der Waals surface area (Å²) in [6.07, 6.45) is 9.27. The number of nitrogens with zero attached hydrogens (tertiary/aromatic N) is 3. The average Bonchev–Trinajstić information content (AvgIpc) is 3.74. The Labute approximate surface area is 195 Å². The van der Waals surface area contributed by atoms with Crippen LogP contribution in [-0.2, 0) is 6.54 Å². The number of carbonyl (C=O) groups excluding carboxylic acids is 1. The van der Waals surface area contributed by atoms with Gasteiger partial charge in [0.25, 0.3) is 5.91 Å². The summed E-state index contributed by atoms with van der Waals surface area (Å²) in [7, 11) is 0. The molecule has 5 nitrogen and oxygen atoms in total. The lowest BCUT2D eigenvalue weighted by atomic mass is 9.90. The van der Waals surface area contributed by atoms with Crippen molar-refractivity contribution >= 4 is 29.0 Å². The van der Waals surface area contributed by atoms with Gasteiger partial charge in [-0.25, -0.2) is 4.98 Å². The maximum atomic E-state index is 12.5. The minimum Gasteiger partial charge on any atom is -0.385 e. The van der Waals surface area contributed by atoms with E-state index in [1.54, 1.807) is 6.20 Å². The van der Waals surface area contributed by atoms with E-state index in [4.69, 9.17) is 11.6 Å². The van der Waals surface area contributed by atoms with Crippen LogP contribution in [0.25, 0.3) is 0 Å². The molecule has 0 radical (unpaired) electrons. The van der Waals surface area contributed by atoms with Gasteiger partial charge < -0.3 is 15.1 Å². The molecule has 32 heavy (non-hydrogen) atoms. The maximum absolute atomic E-state index is 12.5. The number of carbonyl (C=O) groups is 1. The summed E-state index contributed by atoms with van der Waals surface area (Å²) in [5, 5.41) is 4.32. The molecule has 3 fully saturated rings. The summed E-state index contributed by atoms with van der Waals surface area (Å²) < 4.78 is 0. The van der Waals surface area contributed by atoms with E-state index in [1.165, 1.54) is 44.1 Å². The van der Waals surface area contributed by atoms with Crippen LogP contribution in [0.15, 0.2) is 36.5 Å². The van der Waals surface area contributed by atoms with Crippen molar-refractivity contribution in [1.29, 1.82) is 0 Å². The van der Waals surface area contributed by atoms with E-state index in [2.05, 4.69) is 32.2 Å². The van der Waals surface area contributed by atoms with Gasteiger partial charge in [-0.1, -0.05) is 11.6 Å². The Morgan fingerprint density at radius 2 is 1.94 bits per heavy atom. The molecule has 2 aromatic rings. The van der Waals surface area contributed by atoms with Gasteiger partial charge in [-0.2, -0.15) is 0 Å². The van der Waals surface area contributed by atoms with Gasteiger partial charge in [0.1, 0.15) is 5.82 Å². The highest BCUT2D eigenvalue weighted by Gasteiger charge is 2.43. The molecule has 6 rings (SSSR count). The molecule has 2 saturated carbocycles. The Morgan fingerprint density at radius 3 is 2.69 bits per heavy atom. The van der Waals surface area contributed by atoms with E-state index in [-0.39, 0.29) is 5.91 Å². The molecule has 1 N–H and O–H groups in total. The third-order valence-corrected chi connectivity index (χ3v) is 8.15. The summed E-state index contributed by atoms with van der Waals surface area (Å²) in [6.45, 7) is 4.02. The Balaban J connectivity index is 0.948. The van der Waals surface area contributed by atoms with E-state index in [9.17, 15) is 4.79 Å². The van der Waals surface area contributed by atoms with Gasteiger partial charge in [0, 0.05) is 49.7 Å². The number of aromatic nitrogens is 1. The number of benzene rings is 1. The maximum Gasteiger partial charge on any atom is 0.254 e. The molecule has 4 aliphatic rings. The van der Waals surface area contributed by atoms with Gasteiger partial charge in [-0.3, -0.25) is 4.79 Å². The zero-order chi connectivity index (χ0) is 21.7. The molecule has 1 amide bonds. The van der Waals surface area contributed by atoms with Crippen molar-refractivity contribution in [2.75, 3.05) is 29.9 Å². The summed E-state index contributed by atoms with van der Waals surface area (Å²) in [5.41, 5.74) is 3.26. The van der Waals surface area contributed by atoms with Crippen molar-refractivity contribution in [3.8, 4) is 0 Å². The van der Waals surface area contributed by atoms with E-state index in [0.717, 1.165) is 61.0 Å². The highest BCUT2D eigenvalue weighted by atomic mass is 35.5. The van der Waals surface area contributed by atoms with Crippen LogP contribution in [0.3, 0.4) is 0 Å². The zero-order valence-electron chi connectivity index (χ0n) is 18.5. The predicted molar refractivity (Wildman–Crippen MR) is 128 cm³/mol. The highest BCUT2D eigenvalue weighted by Crippen LogP contribution is 2.50. The minimum atomic E-state index is 0.229. The molecule has 168 valence electrons. The van der Waals surface area contributed by atoms with Crippen molar-refractivity contribution in [1.82, 2.24) is 9.88 Å². The highest BCUT2D eigenvalue weighted by molar-refractivity contribution is 6.30. The van der Waals surface area contributed by atoms with E-state index in [0.29, 0.717) is 11.1 Å². The number of rotatable bonds is 7. The number of hydrogen-bond donors (Lipinski definition) is 1. The number of nitrogens with one attached hydrogen (secondary N) is 1. The first-order chi connectivity index (χ1) is 15.7. The largest absolute Gasteiger partial charge is 0.385 e. The number of piperidine rings is 1. The first kappa shape index (κ1) is 20.3. The van der Waals surface area contributed by atoms with E-state index >= 15 is 0 Å². The lowest BCUT2D eigenvalue weighted by molar-refractivity contribution is 0.0766. The van der Waals surface area contributed by atoms with Crippen molar-refractivity contribution < 1.29 is 4.79 Å². The number of anilines is 2. The lowest BCUT2D eigenvalue weighted by Gasteiger charge is -2.33. The van der Waals surface area contributed by atoms with Crippen LogP contribution >= 0.6 is 11.6 Å². The van der Waals surface area contributed by atoms with Crippen molar-refractivity contribution in [3.05, 3.63) is 52.7 Å². The minimum absolute atomic E-state index is 0.229. The molecular weight excluding hydrogens is 420 g/mol. The number of fused-ring (bicyclic) bond motifs is 1. The summed E-state index contributed by atoms with van der Waals surface area (Å²) >= 11 is 5.97. The van der Waals surface area contributed by atoms with Gasteiger partial charge in [0.15, 0.2) is 0 Å². The van der Waals surface area contributed by atoms with Crippen LogP contribution in [0.4, 0.5) is 11.5 Å². The monoisotopic (exact) mass is 450 g/mol. The van der Waals surface area contributed by atoms with Gasteiger partial charge in [-0.05, 0) is 92.2 Å². The Morgan fingerprint density at radius 1 is 1.09 bits per heavy atom. The standard InChI is InChI=1S/C26H31ClN4O/c27-20-1-6-25(29-15-20)30-11-8-17(9-12-30)24-14-18(24)7-10-28-21-2-5-23-19(13-21)16-31(26(23)32)22-3-4-22/h1-2,5-6,13,15,17-18,22,24,28H,3-4,7-12,14,16H2/t18-,24-/m1/s1. The number of pyridine rings is 1. The quantitative estimate of drug-likeness (QED) is 0.629. The predicted octanol–water partition coefficient (Wildman–Crippen LogP) is 5.21.